The van der Waals surface area contributed by atoms with Crippen molar-refractivity contribution in [1.82, 2.24) is 4.90 Å². The van der Waals surface area contributed by atoms with Gasteiger partial charge in [0, 0.05) is 12.6 Å². The fraction of sp³-hybridized carbons (Fsp3) is 0.238. The molecule has 0 spiro atoms. The minimum Gasteiger partial charge on any atom is -0.493 e. The molecule has 7 heteroatoms. The molecule has 1 aliphatic heterocycles. The largest absolute Gasteiger partial charge is 0.493 e. The van der Waals surface area contributed by atoms with Crippen molar-refractivity contribution in [2.24, 2.45) is 0 Å². The van der Waals surface area contributed by atoms with Gasteiger partial charge in [0.15, 0.2) is 11.5 Å². The fourth-order valence-corrected chi connectivity index (χ4v) is 3.25. The molecule has 146 valence electrons. The number of carbonyl (C=O) groups is 2. The number of hydrogen-bond acceptors (Lipinski definition) is 5. The molecule has 1 amide bonds. The summed E-state index contributed by atoms with van der Waals surface area (Å²) in [5.74, 6) is 1.06. The molecule has 0 radical (unpaired) electrons. The lowest BCUT2D eigenvalue weighted by atomic mass is 9.93. The number of rotatable bonds is 6. The van der Waals surface area contributed by atoms with Gasteiger partial charge in [0.1, 0.15) is 6.61 Å². The Morgan fingerprint density at radius 2 is 1.75 bits per heavy atom. The third-order valence-corrected chi connectivity index (χ3v) is 4.62. The highest BCUT2D eigenvalue weighted by Gasteiger charge is 2.32. The van der Waals surface area contributed by atoms with E-state index in [4.69, 9.17) is 25.8 Å². The van der Waals surface area contributed by atoms with E-state index in [-0.39, 0.29) is 13.0 Å². The first kappa shape index (κ1) is 19.8. The van der Waals surface area contributed by atoms with E-state index >= 15 is 0 Å². The van der Waals surface area contributed by atoms with E-state index in [0.717, 1.165) is 16.7 Å². The van der Waals surface area contributed by atoms with Crippen LogP contribution in [0.25, 0.3) is 6.08 Å². The van der Waals surface area contributed by atoms with Crippen LogP contribution in [0.15, 0.2) is 48.7 Å². The Bertz CT molecular complexity index is 897. The van der Waals surface area contributed by atoms with E-state index in [9.17, 15) is 9.59 Å². The lowest BCUT2D eigenvalue weighted by Crippen LogP contribution is -2.33. The van der Waals surface area contributed by atoms with Crippen molar-refractivity contribution < 1.29 is 23.8 Å². The Morgan fingerprint density at radius 1 is 1.07 bits per heavy atom. The number of benzene rings is 2. The van der Waals surface area contributed by atoms with Crippen LogP contribution in [-0.4, -0.2) is 30.5 Å². The van der Waals surface area contributed by atoms with Crippen LogP contribution in [0.3, 0.4) is 0 Å². The first-order chi connectivity index (χ1) is 13.5. The summed E-state index contributed by atoms with van der Waals surface area (Å²) in [6.07, 6.45) is 2.72. The Hall–Kier alpha value is -2.99. The summed E-state index contributed by atoms with van der Waals surface area (Å²) >= 11 is 5.66. The molecule has 1 atom stereocenters. The molecule has 3 rings (SSSR count). The second kappa shape index (κ2) is 8.80. The first-order valence-corrected chi connectivity index (χ1v) is 9.02. The SMILES string of the molecule is COc1cc2c(cc1OC)C(CC(=O)Cl)N(C(=O)OCc1ccccc1)C=C2. The molecule has 0 bridgehead atoms. The summed E-state index contributed by atoms with van der Waals surface area (Å²) in [4.78, 5) is 25.7. The second-order valence-electron chi connectivity index (χ2n) is 6.17. The number of halogens is 1. The van der Waals surface area contributed by atoms with Crippen LogP contribution in [0.1, 0.15) is 29.2 Å². The number of methoxy groups -OCH3 is 2. The van der Waals surface area contributed by atoms with Crippen LogP contribution < -0.4 is 9.47 Å². The Morgan fingerprint density at radius 3 is 2.39 bits per heavy atom. The standard InChI is InChI=1S/C21H20ClNO5/c1-26-18-10-15-8-9-23(21(25)28-13-14-6-4-3-5-7-14)17(12-20(22)24)16(15)11-19(18)27-2/h3-11,17H,12-13H2,1-2H3. The van der Waals surface area contributed by atoms with Crippen LogP contribution in [0.5, 0.6) is 11.5 Å². The molecule has 2 aromatic rings. The number of carbonyl (C=O) groups excluding carboxylic acids is 2. The lowest BCUT2D eigenvalue weighted by Gasteiger charge is -2.32. The van der Waals surface area contributed by atoms with Crippen molar-refractivity contribution >= 4 is 29.0 Å². The molecule has 1 heterocycles. The Labute approximate surface area is 168 Å². The molecule has 0 aliphatic carbocycles. The molecular formula is C21H20ClNO5. The van der Waals surface area contributed by atoms with E-state index in [1.165, 1.54) is 12.0 Å². The third-order valence-electron chi connectivity index (χ3n) is 4.47. The molecule has 0 fully saturated rings. The summed E-state index contributed by atoms with van der Waals surface area (Å²) in [5.41, 5.74) is 2.41. The highest BCUT2D eigenvalue weighted by Crippen LogP contribution is 2.40. The summed E-state index contributed by atoms with van der Waals surface area (Å²) in [6, 6.07) is 12.3. The topological polar surface area (TPSA) is 65.1 Å². The highest BCUT2D eigenvalue weighted by molar-refractivity contribution is 6.63. The summed E-state index contributed by atoms with van der Waals surface area (Å²) in [5, 5.41) is -0.554. The van der Waals surface area contributed by atoms with Gasteiger partial charge >= 0.3 is 6.09 Å². The molecule has 2 aromatic carbocycles. The smallest absolute Gasteiger partial charge is 0.414 e. The van der Waals surface area contributed by atoms with E-state index in [2.05, 4.69) is 0 Å². The molecule has 0 N–H and O–H groups in total. The number of amides is 1. The quantitative estimate of drug-likeness (QED) is 0.665. The lowest BCUT2D eigenvalue weighted by molar-refractivity contribution is -0.112. The molecular weight excluding hydrogens is 382 g/mol. The maximum atomic E-state index is 12.7. The van der Waals surface area contributed by atoms with Crippen LogP contribution in [0, 0.1) is 0 Å². The van der Waals surface area contributed by atoms with Gasteiger partial charge in [-0.25, -0.2) is 4.79 Å². The molecule has 0 saturated heterocycles. The number of fused-ring (bicyclic) bond motifs is 1. The predicted molar refractivity (Wildman–Crippen MR) is 105 cm³/mol. The molecule has 6 nitrogen and oxygen atoms in total. The average Bonchev–Trinajstić information content (AvgIpc) is 2.71. The number of hydrogen-bond donors (Lipinski definition) is 0. The normalized spacial score (nSPS) is 15.0. The summed E-state index contributed by atoms with van der Waals surface area (Å²) in [7, 11) is 3.07. The van der Waals surface area contributed by atoms with Gasteiger partial charge in [-0.3, -0.25) is 9.69 Å². The van der Waals surface area contributed by atoms with E-state index in [0.29, 0.717) is 11.5 Å². The molecule has 1 unspecified atom stereocenters. The summed E-state index contributed by atoms with van der Waals surface area (Å²) < 4.78 is 16.1. The van der Waals surface area contributed by atoms with Gasteiger partial charge in [0.2, 0.25) is 5.24 Å². The predicted octanol–water partition coefficient (Wildman–Crippen LogP) is 4.52. The minimum atomic E-state index is -0.604. The van der Waals surface area contributed by atoms with E-state index < -0.39 is 17.4 Å². The van der Waals surface area contributed by atoms with Gasteiger partial charge < -0.3 is 14.2 Å². The third kappa shape index (κ3) is 4.28. The Kier molecular flexibility index (Phi) is 6.21. The van der Waals surface area contributed by atoms with Gasteiger partial charge in [-0.15, -0.1) is 0 Å². The molecule has 1 aliphatic rings. The molecule has 0 saturated carbocycles. The highest BCUT2D eigenvalue weighted by atomic mass is 35.5. The van der Waals surface area contributed by atoms with E-state index in [1.54, 1.807) is 31.5 Å². The van der Waals surface area contributed by atoms with Crippen molar-refractivity contribution in [2.75, 3.05) is 14.2 Å². The van der Waals surface area contributed by atoms with Crippen molar-refractivity contribution in [1.29, 1.82) is 0 Å². The van der Waals surface area contributed by atoms with E-state index in [1.807, 2.05) is 30.3 Å². The zero-order chi connectivity index (χ0) is 20.1. The second-order valence-corrected chi connectivity index (χ2v) is 6.60. The van der Waals surface area contributed by atoms with Crippen LogP contribution in [-0.2, 0) is 16.1 Å². The monoisotopic (exact) mass is 401 g/mol. The molecule has 0 aromatic heterocycles. The van der Waals surface area contributed by atoms with Crippen LogP contribution in [0.2, 0.25) is 0 Å². The summed E-state index contributed by atoms with van der Waals surface area (Å²) in [6.45, 7) is 0.129. The van der Waals surface area contributed by atoms with Crippen molar-refractivity contribution in [3.8, 4) is 11.5 Å². The zero-order valence-corrected chi connectivity index (χ0v) is 16.3. The Balaban J connectivity index is 1.88. The van der Waals surface area contributed by atoms with Gasteiger partial charge in [0.25, 0.3) is 0 Å². The maximum absolute atomic E-state index is 12.7. The average molecular weight is 402 g/mol. The van der Waals surface area contributed by atoms with Gasteiger partial charge in [-0.1, -0.05) is 30.3 Å². The van der Waals surface area contributed by atoms with Gasteiger partial charge in [-0.2, -0.15) is 0 Å². The van der Waals surface area contributed by atoms with Gasteiger partial charge in [0.05, 0.1) is 20.3 Å². The number of nitrogens with zero attached hydrogens (tertiary/aromatic N) is 1. The minimum absolute atomic E-state index is 0.0607. The first-order valence-electron chi connectivity index (χ1n) is 8.65. The van der Waals surface area contributed by atoms with Gasteiger partial charge in [-0.05, 0) is 46.5 Å². The maximum Gasteiger partial charge on any atom is 0.414 e. The van der Waals surface area contributed by atoms with Crippen LogP contribution in [0.4, 0.5) is 4.79 Å². The van der Waals surface area contributed by atoms with Crippen LogP contribution >= 0.6 is 11.6 Å². The van der Waals surface area contributed by atoms with Crippen molar-refractivity contribution in [2.45, 2.75) is 19.1 Å². The van der Waals surface area contributed by atoms with Crippen molar-refractivity contribution in [3.63, 3.8) is 0 Å². The fourth-order valence-electron chi connectivity index (χ4n) is 3.10. The number of ether oxygens (including phenoxy) is 3. The zero-order valence-electron chi connectivity index (χ0n) is 15.6. The van der Waals surface area contributed by atoms with Crippen molar-refractivity contribution in [3.05, 3.63) is 65.4 Å². The molecule has 28 heavy (non-hydrogen) atoms.